The van der Waals surface area contributed by atoms with Crippen LogP contribution in [0.2, 0.25) is 0 Å². The molecule has 3 aliphatic heterocycles. The number of likely N-dealkylation sites (tertiary alicyclic amines) is 1. The molecule has 25 heavy (non-hydrogen) atoms. The smallest absolute Gasteiger partial charge is 0.238 e. The van der Waals surface area contributed by atoms with Crippen molar-refractivity contribution in [1.82, 2.24) is 10.2 Å². The predicted molar refractivity (Wildman–Crippen MR) is 94.5 cm³/mol. The van der Waals surface area contributed by atoms with E-state index in [9.17, 15) is 8.42 Å². The number of primary sulfonamides is 1. The zero-order valence-electron chi connectivity index (χ0n) is 14.3. The maximum absolute atomic E-state index is 11.5. The molecule has 1 aromatic rings. The van der Waals surface area contributed by atoms with Crippen LogP contribution >= 0.6 is 0 Å². The van der Waals surface area contributed by atoms with Crippen molar-refractivity contribution < 1.29 is 13.2 Å². The lowest BCUT2D eigenvalue weighted by Crippen LogP contribution is -2.41. The first-order valence-corrected chi connectivity index (χ1v) is 10.2. The summed E-state index contributed by atoms with van der Waals surface area (Å²) in [6.45, 7) is 2.46. The predicted octanol–water partition coefficient (Wildman–Crippen LogP) is 0.519. The molecule has 7 nitrogen and oxygen atoms in total. The van der Waals surface area contributed by atoms with Gasteiger partial charge < -0.3 is 15.0 Å². The van der Waals surface area contributed by atoms with E-state index in [-0.39, 0.29) is 4.90 Å². The Hall–Kier alpha value is -1.64. The van der Waals surface area contributed by atoms with E-state index in [0.29, 0.717) is 30.6 Å². The molecule has 0 saturated carbocycles. The molecule has 1 aromatic carbocycles. The molecule has 3 fully saturated rings. The van der Waals surface area contributed by atoms with E-state index in [1.54, 1.807) is 19.2 Å². The zero-order valence-corrected chi connectivity index (χ0v) is 15.1. The van der Waals surface area contributed by atoms with Gasteiger partial charge in [-0.25, -0.2) is 13.6 Å². The number of sulfonamides is 1. The van der Waals surface area contributed by atoms with Crippen LogP contribution in [0.25, 0.3) is 0 Å². The van der Waals surface area contributed by atoms with Crippen molar-refractivity contribution in [2.24, 2.45) is 22.0 Å². The number of hydrogen-bond acceptors (Lipinski definition) is 4. The summed E-state index contributed by atoms with van der Waals surface area (Å²) in [5.74, 6) is 2.08. The molecule has 4 rings (SSSR count). The summed E-state index contributed by atoms with van der Waals surface area (Å²) >= 11 is 0. The third-order valence-corrected chi connectivity index (χ3v) is 6.55. The van der Waals surface area contributed by atoms with Gasteiger partial charge in [0.05, 0.1) is 17.1 Å². The monoisotopic (exact) mass is 364 g/mol. The van der Waals surface area contributed by atoms with Gasteiger partial charge in [0.1, 0.15) is 0 Å². The fraction of sp³-hybridized carbons (Fsp3) is 0.588. The molecule has 8 heteroatoms. The molecule has 0 radical (unpaired) electrons. The molecular weight excluding hydrogens is 340 g/mol. The number of fused-ring (bicyclic) bond motifs is 5. The standard InChI is InChI=1S/C17H24N4O3S/c1-19-17(20-8-11-3-2-4-12(7-11)25(18,22)23)21-9-13-14(10-21)16-6-5-15(13)24-16/h2-4,7,13-16H,5-6,8-10H2,1H3,(H,19,20)(H2,18,22,23). The van der Waals surface area contributed by atoms with Crippen molar-refractivity contribution in [1.29, 1.82) is 0 Å². The van der Waals surface area contributed by atoms with Crippen LogP contribution < -0.4 is 10.5 Å². The van der Waals surface area contributed by atoms with Crippen LogP contribution in [0.15, 0.2) is 34.2 Å². The number of benzene rings is 1. The molecule has 2 bridgehead atoms. The maximum Gasteiger partial charge on any atom is 0.238 e. The van der Waals surface area contributed by atoms with Crippen LogP contribution in [0.1, 0.15) is 18.4 Å². The highest BCUT2D eigenvalue weighted by molar-refractivity contribution is 7.89. The van der Waals surface area contributed by atoms with E-state index in [0.717, 1.165) is 24.6 Å². The Morgan fingerprint density at radius 3 is 2.60 bits per heavy atom. The summed E-state index contributed by atoms with van der Waals surface area (Å²) in [6.07, 6.45) is 3.21. The van der Waals surface area contributed by atoms with Crippen LogP contribution in [0.4, 0.5) is 0 Å². The lowest BCUT2D eigenvalue weighted by molar-refractivity contribution is 0.0767. The lowest BCUT2D eigenvalue weighted by atomic mass is 9.82. The van der Waals surface area contributed by atoms with Crippen molar-refractivity contribution in [2.45, 2.75) is 36.5 Å². The fourth-order valence-corrected chi connectivity index (χ4v) is 5.06. The molecule has 0 spiro atoms. The third kappa shape index (κ3) is 3.14. The molecule has 3 heterocycles. The minimum absolute atomic E-state index is 0.131. The van der Waals surface area contributed by atoms with Crippen molar-refractivity contribution in [3.05, 3.63) is 29.8 Å². The number of aliphatic imine (C=N–C) groups is 1. The second-order valence-electron chi connectivity index (χ2n) is 7.12. The number of ether oxygens (including phenoxy) is 1. The number of nitrogens with one attached hydrogen (secondary N) is 1. The van der Waals surface area contributed by atoms with Gasteiger partial charge in [0, 0.05) is 38.5 Å². The minimum Gasteiger partial charge on any atom is -0.374 e. The Kier molecular flexibility index (Phi) is 4.21. The topological polar surface area (TPSA) is 97.0 Å². The van der Waals surface area contributed by atoms with Crippen LogP contribution in [0, 0.1) is 11.8 Å². The van der Waals surface area contributed by atoms with E-state index >= 15 is 0 Å². The summed E-state index contributed by atoms with van der Waals surface area (Å²) in [4.78, 5) is 6.83. The number of rotatable bonds is 3. The average molecular weight is 364 g/mol. The minimum atomic E-state index is -3.68. The van der Waals surface area contributed by atoms with Gasteiger partial charge in [-0.3, -0.25) is 4.99 Å². The Morgan fingerprint density at radius 2 is 2.00 bits per heavy atom. The van der Waals surface area contributed by atoms with Crippen LogP contribution in [-0.4, -0.2) is 51.6 Å². The van der Waals surface area contributed by atoms with Gasteiger partial charge in [0.15, 0.2) is 5.96 Å². The SMILES string of the molecule is CN=C(NCc1cccc(S(N)(=O)=O)c1)N1CC2C3CCC(O3)C2C1. The van der Waals surface area contributed by atoms with Crippen molar-refractivity contribution >= 4 is 16.0 Å². The number of nitrogens with two attached hydrogens (primary N) is 1. The second kappa shape index (κ2) is 6.26. The summed E-state index contributed by atoms with van der Waals surface area (Å²) in [7, 11) is -1.90. The van der Waals surface area contributed by atoms with Crippen molar-refractivity contribution in [2.75, 3.05) is 20.1 Å². The van der Waals surface area contributed by atoms with E-state index in [4.69, 9.17) is 9.88 Å². The largest absolute Gasteiger partial charge is 0.374 e. The van der Waals surface area contributed by atoms with Crippen LogP contribution in [0.3, 0.4) is 0 Å². The molecule has 3 aliphatic rings. The highest BCUT2D eigenvalue weighted by Gasteiger charge is 2.53. The molecule has 3 saturated heterocycles. The van der Waals surface area contributed by atoms with Gasteiger partial charge in [-0.05, 0) is 30.5 Å². The van der Waals surface area contributed by atoms with Crippen LogP contribution in [0.5, 0.6) is 0 Å². The molecular formula is C17H24N4O3S. The van der Waals surface area contributed by atoms with Crippen molar-refractivity contribution in [3.8, 4) is 0 Å². The number of nitrogens with zero attached hydrogens (tertiary/aromatic N) is 2. The van der Waals surface area contributed by atoms with Crippen LogP contribution in [-0.2, 0) is 21.3 Å². The van der Waals surface area contributed by atoms with Gasteiger partial charge in [0.25, 0.3) is 0 Å². The quantitative estimate of drug-likeness (QED) is 0.602. The summed E-state index contributed by atoms with van der Waals surface area (Å²) in [5.41, 5.74) is 0.857. The molecule has 0 amide bonds. The number of guanidine groups is 1. The van der Waals surface area contributed by atoms with E-state index < -0.39 is 10.0 Å². The average Bonchev–Trinajstić information content (AvgIpc) is 3.28. The molecule has 136 valence electrons. The Bertz CT molecular complexity index is 777. The molecule has 4 unspecified atom stereocenters. The fourth-order valence-electron chi connectivity index (χ4n) is 4.48. The Morgan fingerprint density at radius 1 is 1.32 bits per heavy atom. The summed E-state index contributed by atoms with van der Waals surface area (Å²) < 4.78 is 29.0. The van der Waals surface area contributed by atoms with Gasteiger partial charge in [-0.15, -0.1) is 0 Å². The Labute approximate surface area is 148 Å². The molecule has 0 aliphatic carbocycles. The summed E-state index contributed by atoms with van der Waals surface area (Å²) in [6, 6.07) is 6.68. The third-order valence-electron chi connectivity index (χ3n) is 5.64. The van der Waals surface area contributed by atoms with Gasteiger partial charge >= 0.3 is 0 Å². The van der Waals surface area contributed by atoms with E-state index in [2.05, 4.69) is 15.2 Å². The maximum atomic E-state index is 11.5. The second-order valence-corrected chi connectivity index (χ2v) is 8.68. The lowest BCUT2D eigenvalue weighted by Gasteiger charge is -2.23. The van der Waals surface area contributed by atoms with E-state index in [1.165, 1.54) is 18.9 Å². The molecule has 4 atom stereocenters. The van der Waals surface area contributed by atoms with Crippen molar-refractivity contribution in [3.63, 3.8) is 0 Å². The number of hydrogen-bond donors (Lipinski definition) is 2. The Balaban J connectivity index is 1.41. The van der Waals surface area contributed by atoms with E-state index in [1.807, 2.05) is 6.07 Å². The first kappa shape index (κ1) is 16.8. The molecule has 0 aromatic heterocycles. The molecule has 3 N–H and O–H groups in total. The first-order chi connectivity index (χ1) is 12.0. The highest BCUT2D eigenvalue weighted by Crippen LogP contribution is 2.47. The highest BCUT2D eigenvalue weighted by atomic mass is 32.2. The van der Waals surface area contributed by atoms with Gasteiger partial charge in [0.2, 0.25) is 10.0 Å². The van der Waals surface area contributed by atoms with Gasteiger partial charge in [-0.1, -0.05) is 12.1 Å². The summed E-state index contributed by atoms with van der Waals surface area (Å²) in [5, 5.41) is 8.54. The first-order valence-electron chi connectivity index (χ1n) is 8.68. The normalized spacial score (nSPS) is 31.4. The van der Waals surface area contributed by atoms with Gasteiger partial charge in [-0.2, -0.15) is 0 Å². The zero-order chi connectivity index (χ0) is 17.6.